The number of aromatic nitrogens is 3. The summed E-state index contributed by atoms with van der Waals surface area (Å²) in [5.74, 6) is 0.0183. The molecular formula is C17H24N4O3. The van der Waals surface area contributed by atoms with Crippen LogP contribution in [0.25, 0.3) is 0 Å². The summed E-state index contributed by atoms with van der Waals surface area (Å²) >= 11 is 0. The lowest BCUT2D eigenvalue weighted by atomic mass is 10.1. The number of hydrogen-bond acceptors (Lipinski definition) is 5. The molecule has 2 rings (SSSR count). The van der Waals surface area contributed by atoms with Crippen LogP contribution in [0.5, 0.6) is 5.75 Å². The van der Waals surface area contributed by atoms with Gasteiger partial charge in [-0.3, -0.25) is 14.5 Å². The first-order valence-electron chi connectivity index (χ1n) is 7.81. The van der Waals surface area contributed by atoms with Gasteiger partial charge in [0.25, 0.3) is 0 Å². The van der Waals surface area contributed by atoms with Gasteiger partial charge in [-0.2, -0.15) is 5.10 Å². The molecule has 2 aromatic rings. The molecule has 1 amide bonds. The zero-order valence-electron chi connectivity index (χ0n) is 14.6. The van der Waals surface area contributed by atoms with Crippen LogP contribution in [-0.4, -0.2) is 50.9 Å². The summed E-state index contributed by atoms with van der Waals surface area (Å²) in [7, 11) is 3.51. The summed E-state index contributed by atoms with van der Waals surface area (Å²) < 4.78 is 6.95. The van der Waals surface area contributed by atoms with E-state index in [2.05, 4.69) is 10.1 Å². The van der Waals surface area contributed by atoms with Crippen molar-refractivity contribution in [3.63, 3.8) is 0 Å². The number of ether oxygens (including phenoxy) is 1. The summed E-state index contributed by atoms with van der Waals surface area (Å²) in [5.41, 5.74) is 3.70. The van der Waals surface area contributed by atoms with Crippen LogP contribution in [0, 0.1) is 13.8 Å². The fourth-order valence-electron chi connectivity index (χ4n) is 2.59. The third-order valence-corrected chi connectivity index (χ3v) is 4.06. The van der Waals surface area contributed by atoms with Gasteiger partial charge in [-0.05, 0) is 25.5 Å². The van der Waals surface area contributed by atoms with Crippen LogP contribution in [-0.2, 0) is 29.5 Å². The number of methoxy groups -OCH3 is 1. The van der Waals surface area contributed by atoms with Gasteiger partial charge in [-0.25, -0.2) is 0 Å². The number of hydrogen-bond donors (Lipinski definition) is 1. The quantitative estimate of drug-likeness (QED) is 0.828. The topological polar surface area (TPSA) is 80.5 Å². The zero-order valence-corrected chi connectivity index (χ0v) is 14.6. The maximum Gasteiger partial charge on any atom is 0.227 e. The third kappa shape index (κ3) is 4.32. The van der Waals surface area contributed by atoms with E-state index in [9.17, 15) is 9.90 Å². The van der Waals surface area contributed by atoms with Crippen molar-refractivity contribution >= 4 is 5.91 Å². The fourth-order valence-corrected chi connectivity index (χ4v) is 2.59. The number of rotatable bonds is 7. The molecule has 7 heteroatoms. The molecule has 0 aliphatic carbocycles. The monoisotopic (exact) mass is 332 g/mol. The average molecular weight is 332 g/mol. The van der Waals surface area contributed by atoms with Gasteiger partial charge in [0.2, 0.25) is 5.91 Å². The highest BCUT2D eigenvalue weighted by Crippen LogP contribution is 2.16. The molecule has 0 saturated heterocycles. The van der Waals surface area contributed by atoms with E-state index in [1.54, 1.807) is 24.3 Å². The lowest BCUT2D eigenvalue weighted by Crippen LogP contribution is -2.35. The summed E-state index contributed by atoms with van der Waals surface area (Å²) in [5, 5.41) is 13.9. The molecule has 130 valence electrons. The highest BCUT2D eigenvalue weighted by molar-refractivity contribution is 5.78. The van der Waals surface area contributed by atoms with Crippen molar-refractivity contribution in [2.45, 2.75) is 26.8 Å². The highest BCUT2D eigenvalue weighted by Gasteiger charge is 2.19. The first kappa shape index (κ1) is 17.9. The lowest BCUT2D eigenvalue weighted by Gasteiger charge is -2.23. The van der Waals surface area contributed by atoms with Gasteiger partial charge in [-0.1, -0.05) is 0 Å². The van der Waals surface area contributed by atoms with Crippen molar-refractivity contribution in [1.82, 2.24) is 19.7 Å². The number of amides is 1. The summed E-state index contributed by atoms with van der Waals surface area (Å²) in [6.07, 6.45) is 3.12. The van der Waals surface area contributed by atoms with Crippen molar-refractivity contribution in [2.75, 3.05) is 20.3 Å². The largest absolute Gasteiger partial charge is 0.506 e. The highest BCUT2D eigenvalue weighted by atomic mass is 16.5. The van der Waals surface area contributed by atoms with Crippen LogP contribution < -0.4 is 0 Å². The van der Waals surface area contributed by atoms with E-state index < -0.39 is 0 Å². The minimum atomic E-state index is -0.0397. The van der Waals surface area contributed by atoms with E-state index in [4.69, 9.17) is 4.74 Å². The molecule has 24 heavy (non-hydrogen) atoms. The number of aromatic hydroxyl groups is 1. The number of carbonyl (C=O) groups is 1. The van der Waals surface area contributed by atoms with Crippen LogP contribution in [0.4, 0.5) is 0 Å². The van der Waals surface area contributed by atoms with E-state index in [0.29, 0.717) is 25.3 Å². The van der Waals surface area contributed by atoms with Crippen LogP contribution in [0.1, 0.15) is 22.5 Å². The third-order valence-electron chi connectivity index (χ3n) is 4.06. The maximum absolute atomic E-state index is 12.7. The molecule has 0 radical (unpaired) electrons. The zero-order chi connectivity index (χ0) is 17.7. The smallest absolute Gasteiger partial charge is 0.227 e. The van der Waals surface area contributed by atoms with E-state index >= 15 is 0 Å². The molecule has 0 fully saturated rings. The van der Waals surface area contributed by atoms with Crippen LogP contribution in [0.2, 0.25) is 0 Å². The second kappa shape index (κ2) is 7.92. The molecule has 0 saturated carbocycles. The SMILES string of the molecule is COCCN(Cc1c(C)nn(C)c1C)C(=O)Cc1cncc(O)c1. The Morgan fingerprint density at radius 2 is 2.12 bits per heavy atom. The molecule has 0 bridgehead atoms. The minimum absolute atomic E-state index is 0.0397. The average Bonchev–Trinajstić information content (AvgIpc) is 2.77. The van der Waals surface area contributed by atoms with Gasteiger partial charge in [0.15, 0.2) is 0 Å². The molecule has 0 atom stereocenters. The predicted molar refractivity (Wildman–Crippen MR) is 89.6 cm³/mol. The molecule has 0 aliphatic rings. The molecular weight excluding hydrogens is 308 g/mol. The molecule has 0 aromatic carbocycles. The fraction of sp³-hybridized carbons (Fsp3) is 0.471. The first-order chi connectivity index (χ1) is 11.4. The van der Waals surface area contributed by atoms with Gasteiger partial charge in [-0.15, -0.1) is 0 Å². The number of carbonyl (C=O) groups excluding carboxylic acids is 1. The number of pyridine rings is 1. The van der Waals surface area contributed by atoms with Crippen molar-refractivity contribution in [3.05, 3.63) is 41.0 Å². The Kier molecular flexibility index (Phi) is 5.92. The Morgan fingerprint density at radius 1 is 1.38 bits per heavy atom. The van der Waals surface area contributed by atoms with Gasteiger partial charge in [0.05, 0.1) is 24.9 Å². The van der Waals surface area contributed by atoms with Gasteiger partial charge >= 0.3 is 0 Å². The number of nitrogens with zero attached hydrogens (tertiary/aromatic N) is 4. The molecule has 0 aliphatic heterocycles. The van der Waals surface area contributed by atoms with Gasteiger partial charge < -0.3 is 14.7 Å². The first-order valence-corrected chi connectivity index (χ1v) is 7.81. The van der Waals surface area contributed by atoms with E-state index in [1.165, 1.54) is 6.20 Å². The molecule has 2 heterocycles. The van der Waals surface area contributed by atoms with Crippen LogP contribution in [0.3, 0.4) is 0 Å². The lowest BCUT2D eigenvalue weighted by molar-refractivity contribution is -0.131. The van der Waals surface area contributed by atoms with Crippen molar-refractivity contribution in [1.29, 1.82) is 0 Å². The van der Waals surface area contributed by atoms with Crippen molar-refractivity contribution < 1.29 is 14.6 Å². The van der Waals surface area contributed by atoms with Gasteiger partial charge in [0.1, 0.15) is 5.75 Å². The molecule has 0 unspecified atom stereocenters. The molecule has 7 nitrogen and oxygen atoms in total. The molecule has 0 spiro atoms. The maximum atomic E-state index is 12.7. The molecule has 2 aromatic heterocycles. The van der Waals surface area contributed by atoms with E-state index in [0.717, 1.165) is 17.0 Å². The van der Waals surface area contributed by atoms with Gasteiger partial charge in [0, 0.05) is 44.7 Å². The Labute approximate surface area is 141 Å². The standard InChI is InChI=1S/C17H24N4O3/c1-12-16(13(2)20(3)19-12)11-21(5-6-24-4)17(23)8-14-7-15(22)10-18-9-14/h7,9-10,22H,5-6,8,11H2,1-4H3. The second-order valence-electron chi connectivity index (χ2n) is 5.81. The summed E-state index contributed by atoms with van der Waals surface area (Å²) in [4.78, 5) is 18.4. The Balaban J connectivity index is 2.16. The summed E-state index contributed by atoms with van der Waals surface area (Å²) in [6, 6.07) is 1.56. The summed E-state index contributed by atoms with van der Waals surface area (Å²) in [6.45, 7) is 5.38. The number of aryl methyl sites for hydroxylation is 2. The normalized spacial score (nSPS) is 10.8. The molecule has 1 N–H and O–H groups in total. The minimum Gasteiger partial charge on any atom is -0.506 e. The van der Waals surface area contributed by atoms with E-state index in [1.807, 2.05) is 25.6 Å². The van der Waals surface area contributed by atoms with Crippen molar-refractivity contribution in [2.24, 2.45) is 7.05 Å². The predicted octanol–water partition coefficient (Wildman–Crippen LogP) is 1.36. The van der Waals surface area contributed by atoms with Crippen LogP contribution >= 0.6 is 0 Å². The Morgan fingerprint density at radius 3 is 2.71 bits per heavy atom. The Bertz CT molecular complexity index is 712. The second-order valence-corrected chi connectivity index (χ2v) is 5.81. The Hall–Kier alpha value is -2.41. The van der Waals surface area contributed by atoms with Crippen LogP contribution in [0.15, 0.2) is 18.5 Å². The van der Waals surface area contributed by atoms with E-state index in [-0.39, 0.29) is 18.1 Å². The van der Waals surface area contributed by atoms with Crippen molar-refractivity contribution in [3.8, 4) is 5.75 Å².